The minimum Gasteiger partial charge on any atom is -0.439 e. The molecule has 0 aliphatic rings. The molecule has 0 atom stereocenters. The van der Waals surface area contributed by atoms with Crippen molar-refractivity contribution in [1.29, 1.82) is 0 Å². The van der Waals surface area contributed by atoms with Gasteiger partial charge >= 0.3 is 0 Å². The first-order valence-electron chi connectivity index (χ1n) is 6.47. The molecule has 0 amide bonds. The van der Waals surface area contributed by atoms with Crippen LogP contribution < -0.4 is 4.74 Å². The van der Waals surface area contributed by atoms with Gasteiger partial charge in [-0.15, -0.1) is 0 Å². The predicted octanol–water partition coefficient (Wildman–Crippen LogP) is 5.25. The Kier molecular flexibility index (Phi) is 5.00. The minimum absolute atomic E-state index is 0.538. The van der Waals surface area contributed by atoms with E-state index in [1.54, 1.807) is 6.07 Å². The van der Waals surface area contributed by atoms with Crippen LogP contribution in [0.4, 0.5) is 0 Å². The van der Waals surface area contributed by atoms with Gasteiger partial charge in [-0.3, -0.25) is 0 Å². The summed E-state index contributed by atoms with van der Waals surface area (Å²) in [6, 6.07) is 5.58. The van der Waals surface area contributed by atoms with E-state index < -0.39 is 0 Å². The van der Waals surface area contributed by atoms with Crippen LogP contribution in [0.5, 0.6) is 11.6 Å². The van der Waals surface area contributed by atoms with Gasteiger partial charge in [0.1, 0.15) is 16.2 Å². The van der Waals surface area contributed by atoms with Crippen molar-refractivity contribution >= 4 is 27.5 Å². The Morgan fingerprint density at radius 3 is 2.40 bits per heavy atom. The summed E-state index contributed by atoms with van der Waals surface area (Å²) in [5, 5.41) is 0.771. The van der Waals surface area contributed by atoms with E-state index in [1.165, 1.54) is 0 Å². The zero-order valence-electron chi connectivity index (χ0n) is 11.7. The number of hydrogen-bond donors (Lipinski definition) is 0. The highest BCUT2D eigenvalue weighted by Gasteiger charge is 2.08. The van der Waals surface area contributed by atoms with Crippen molar-refractivity contribution in [3.63, 3.8) is 0 Å². The van der Waals surface area contributed by atoms with Gasteiger partial charge in [0, 0.05) is 17.5 Å². The number of nitrogens with zero attached hydrogens (tertiary/aromatic N) is 2. The smallest absolute Gasteiger partial charge is 0.223 e. The fourth-order valence-electron chi connectivity index (χ4n) is 1.92. The summed E-state index contributed by atoms with van der Waals surface area (Å²) in [6.45, 7) is 6.01. The summed E-state index contributed by atoms with van der Waals surface area (Å²) in [4.78, 5) is 8.72. The lowest BCUT2D eigenvalue weighted by Crippen LogP contribution is -1.98. The van der Waals surface area contributed by atoms with Crippen molar-refractivity contribution in [3.05, 3.63) is 44.8 Å². The third-order valence-electron chi connectivity index (χ3n) is 2.82. The van der Waals surface area contributed by atoms with Gasteiger partial charge in [-0.1, -0.05) is 18.5 Å². The second kappa shape index (κ2) is 6.55. The number of halogens is 2. The number of benzene rings is 1. The Labute approximate surface area is 132 Å². The molecule has 1 aromatic carbocycles. The number of rotatable bonds is 4. The summed E-state index contributed by atoms with van der Waals surface area (Å²) in [5.74, 6) is 2.05. The van der Waals surface area contributed by atoms with Gasteiger partial charge in [-0.05, 0) is 59.5 Å². The van der Waals surface area contributed by atoms with Crippen molar-refractivity contribution in [2.75, 3.05) is 0 Å². The molecular formula is C15H16BrClN2O. The van der Waals surface area contributed by atoms with Crippen LogP contribution in [-0.2, 0) is 6.42 Å². The molecule has 106 valence electrons. The van der Waals surface area contributed by atoms with E-state index in [9.17, 15) is 0 Å². The molecule has 0 fully saturated rings. The van der Waals surface area contributed by atoms with E-state index in [0.29, 0.717) is 5.88 Å². The number of aryl methyl sites for hydroxylation is 3. The molecule has 3 nitrogen and oxygen atoms in total. The zero-order valence-corrected chi connectivity index (χ0v) is 14.0. The maximum Gasteiger partial charge on any atom is 0.223 e. The highest BCUT2D eigenvalue weighted by Crippen LogP contribution is 2.29. The fourth-order valence-corrected chi connectivity index (χ4v) is 2.43. The molecule has 1 aromatic heterocycles. The fraction of sp³-hybridized carbons (Fsp3) is 0.333. The molecule has 2 aromatic rings. The lowest BCUT2D eigenvalue weighted by molar-refractivity contribution is 0.457. The number of hydrogen-bond acceptors (Lipinski definition) is 3. The molecule has 0 aliphatic heterocycles. The maximum absolute atomic E-state index is 6.16. The van der Waals surface area contributed by atoms with E-state index in [2.05, 4.69) is 32.8 Å². The lowest BCUT2D eigenvalue weighted by atomic mass is 10.1. The first-order valence-corrected chi connectivity index (χ1v) is 7.64. The summed E-state index contributed by atoms with van der Waals surface area (Å²) < 4.78 is 6.55. The molecule has 0 spiro atoms. The van der Waals surface area contributed by atoms with Crippen LogP contribution in [0.25, 0.3) is 0 Å². The van der Waals surface area contributed by atoms with Gasteiger partial charge in [-0.2, -0.15) is 4.98 Å². The highest BCUT2D eigenvalue weighted by molar-refractivity contribution is 9.10. The van der Waals surface area contributed by atoms with Crippen LogP contribution in [0.2, 0.25) is 5.02 Å². The Bertz CT molecular complexity index is 608. The monoisotopic (exact) mass is 354 g/mol. The summed E-state index contributed by atoms with van der Waals surface area (Å²) >= 11 is 9.54. The van der Waals surface area contributed by atoms with Gasteiger partial charge in [0.05, 0.1) is 0 Å². The van der Waals surface area contributed by atoms with Crippen LogP contribution in [0.15, 0.2) is 22.8 Å². The minimum atomic E-state index is 0.538. The Morgan fingerprint density at radius 1 is 1.15 bits per heavy atom. The summed E-state index contributed by atoms with van der Waals surface area (Å²) in [5.41, 5.74) is 1.98. The third kappa shape index (κ3) is 3.70. The molecular weight excluding hydrogens is 340 g/mol. The number of aromatic nitrogens is 2. The van der Waals surface area contributed by atoms with Crippen LogP contribution in [0.3, 0.4) is 0 Å². The van der Waals surface area contributed by atoms with Crippen molar-refractivity contribution in [2.24, 2.45) is 0 Å². The molecule has 0 N–H and O–H groups in total. The van der Waals surface area contributed by atoms with Gasteiger partial charge in [0.15, 0.2) is 0 Å². The van der Waals surface area contributed by atoms with E-state index >= 15 is 0 Å². The molecule has 20 heavy (non-hydrogen) atoms. The lowest BCUT2D eigenvalue weighted by Gasteiger charge is -2.10. The van der Waals surface area contributed by atoms with Gasteiger partial charge < -0.3 is 4.74 Å². The molecule has 0 radical (unpaired) electrons. The molecule has 0 bridgehead atoms. The summed E-state index contributed by atoms with van der Waals surface area (Å²) in [7, 11) is 0. The van der Waals surface area contributed by atoms with Crippen LogP contribution in [0.1, 0.15) is 30.3 Å². The van der Waals surface area contributed by atoms with Gasteiger partial charge in [-0.25, -0.2) is 4.98 Å². The first-order chi connectivity index (χ1) is 9.49. The molecule has 0 saturated heterocycles. The van der Waals surface area contributed by atoms with Gasteiger partial charge in [0.25, 0.3) is 0 Å². The van der Waals surface area contributed by atoms with Crippen LogP contribution in [0, 0.1) is 13.8 Å². The average Bonchev–Trinajstić information content (AvgIpc) is 2.35. The second-order valence-electron chi connectivity index (χ2n) is 4.67. The topological polar surface area (TPSA) is 35.0 Å². The van der Waals surface area contributed by atoms with Gasteiger partial charge in [0.2, 0.25) is 5.88 Å². The van der Waals surface area contributed by atoms with Crippen LogP contribution in [-0.4, -0.2) is 9.97 Å². The number of ether oxygens (including phenoxy) is 1. The van der Waals surface area contributed by atoms with E-state index in [4.69, 9.17) is 16.3 Å². The van der Waals surface area contributed by atoms with Crippen molar-refractivity contribution < 1.29 is 4.74 Å². The Hall–Kier alpha value is -1.13. The summed E-state index contributed by atoms with van der Waals surface area (Å²) in [6.07, 6.45) is 1.82. The first kappa shape index (κ1) is 15.3. The van der Waals surface area contributed by atoms with Crippen LogP contribution >= 0.6 is 27.5 Å². The molecule has 0 aliphatic carbocycles. The van der Waals surface area contributed by atoms with E-state index in [0.717, 1.165) is 45.2 Å². The Balaban J connectivity index is 2.30. The molecule has 5 heteroatoms. The molecule has 1 heterocycles. The SMILES string of the molecule is CCCc1nc(Br)cc(Oc2cc(C)c(Cl)c(C)c2)n1. The van der Waals surface area contributed by atoms with Crippen molar-refractivity contribution in [1.82, 2.24) is 9.97 Å². The quantitative estimate of drug-likeness (QED) is 0.702. The van der Waals surface area contributed by atoms with E-state index in [-0.39, 0.29) is 0 Å². The molecule has 0 unspecified atom stereocenters. The van der Waals surface area contributed by atoms with Crippen molar-refractivity contribution in [2.45, 2.75) is 33.6 Å². The predicted molar refractivity (Wildman–Crippen MR) is 84.7 cm³/mol. The molecule has 0 saturated carbocycles. The average molecular weight is 356 g/mol. The third-order valence-corrected chi connectivity index (χ3v) is 3.83. The largest absolute Gasteiger partial charge is 0.439 e. The normalized spacial score (nSPS) is 10.7. The highest BCUT2D eigenvalue weighted by atomic mass is 79.9. The standard InChI is InChI=1S/C15H16BrClN2O/c1-4-5-13-18-12(16)8-14(19-13)20-11-6-9(2)15(17)10(3)7-11/h6-8H,4-5H2,1-3H3. The molecule has 2 rings (SSSR count). The maximum atomic E-state index is 6.16. The Morgan fingerprint density at radius 2 is 1.80 bits per heavy atom. The zero-order chi connectivity index (χ0) is 14.7. The van der Waals surface area contributed by atoms with Crippen molar-refractivity contribution in [3.8, 4) is 11.6 Å². The van der Waals surface area contributed by atoms with E-state index in [1.807, 2.05) is 26.0 Å². The second-order valence-corrected chi connectivity index (χ2v) is 5.86.